The minimum absolute atomic E-state index is 0.0264. The van der Waals surface area contributed by atoms with Crippen LogP contribution >= 0.6 is 0 Å². The Hall–Kier alpha value is -2.37. The molecule has 1 N–H and O–H groups in total. The fourth-order valence-corrected chi connectivity index (χ4v) is 1.46. The van der Waals surface area contributed by atoms with E-state index in [4.69, 9.17) is 10.4 Å². The minimum Gasteiger partial charge on any atom is -0.395 e. The number of nitrogens with zero attached hydrogens (tertiary/aromatic N) is 3. The lowest BCUT2D eigenvalue weighted by atomic mass is 10.2. The molecule has 1 heterocycles. The van der Waals surface area contributed by atoms with Gasteiger partial charge in [0.05, 0.1) is 19.1 Å². The van der Waals surface area contributed by atoms with Gasteiger partial charge in [0.15, 0.2) is 0 Å². The zero-order valence-corrected chi connectivity index (χ0v) is 11.6. The van der Waals surface area contributed by atoms with Crippen LogP contribution in [0.3, 0.4) is 0 Å². The first kappa shape index (κ1) is 15.7. The summed E-state index contributed by atoms with van der Waals surface area (Å²) in [6.07, 6.45) is 2.22. The quantitative estimate of drug-likeness (QED) is 0.834. The summed E-state index contributed by atoms with van der Waals surface area (Å²) in [6.45, 7) is 1.84. The second kappa shape index (κ2) is 7.93. The predicted molar refractivity (Wildman–Crippen MR) is 74.6 cm³/mol. The van der Waals surface area contributed by atoms with E-state index in [2.05, 4.69) is 16.8 Å². The van der Waals surface area contributed by atoms with Crippen molar-refractivity contribution >= 4 is 5.91 Å². The molecule has 1 unspecified atom stereocenters. The zero-order valence-electron chi connectivity index (χ0n) is 11.6. The van der Waals surface area contributed by atoms with Crippen LogP contribution in [0.25, 0.3) is 0 Å². The smallest absolute Gasteiger partial charge is 0.272 e. The maximum Gasteiger partial charge on any atom is 0.272 e. The summed E-state index contributed by atoms with van der Waals surface area (Å²) < 4.78 is 0. The number of aliphatic hydroxyl groups excluding tert-OH is 1. The molecule has 0 aliphatic rings. The molecule has 104 valence electrons. The molecule has 0 saturated carbocycles. The number of aliphatic hydroxyl groups is 1. The molecule has 0 fully saturated rings. The molecule has 1 aromatic rings. The Morgan fingerprint density at radius 1 is 1.55 bits per heavy atom. The molecule has 0 saturated heterocycles. The Kier molecular flexibility index (Phi) is 6.22. The number of hydrogen-bond donors (Lipinski definition) is 1. The molecule has 1 aromatic heterocycles. The second-order valence-electron chi connectivity index (χ2n) is 4.33. The Balaban J connectivity index is 2.76. The lowest BCUT2D eigenvalue weighted by molar-refractivity contribution is 0.0740. The van der Waals surface area contributed by atoms with Gasteiger partial charge >= 0.3 is 0 Å². The normalized spacial score (nSPS) is 10.9. The predicted octanol–water partition coefficient (Wildman–Crippen LogP) is 1.19. The van der Waals surface area contributed by atoms with Crippen LogP contribution in [-0.4, -0.2) is 40.6 Å². The largest absolute Gasteiger partial charge is 0.395 e. The molecule has 0 radical (unpaired) electrons. The van der Waals surface area contributed by atoms with Crippen LogP contribution in [0, 0.1) is 23.2 Å². The summed E-state index contributed by atoms with van der Waals surface area (Å²) in [6, 6.07) is 5.21. The average molecular weight is 271 g/mol. The van der Waals surface area contributed by atoms with E-state index in [1.54, 1.807) is 19.2 Å². The van der Waals surface area contributed by atoms with Gasteiger partial charge in [0.1, 0.15) is 5.69 Å². The summed E-state index contributed by atoms with van der Waals surface area (Å²) >= 11 is 0. The molecule has 0 aliphatic heterocycles. The van der Waals surface area contributed by atoms with Crippen molar-refractivity contribution in [2.45, 2.75) is 25.8 Å². The van der Waals surface area contributed by atoms with Gasteiger partial charge in [-0.15, -0.1) is 0 Å². The summed E-state index contributed by atoms with van der Waals surface area (Å²) in [7, 11) is 1.65. The van der Waals surface area contributed by atoms with Crippen LogP contribution in [0.2, 0.25) is 0 Å². The van der Waals surface area contributed by atoms with Crippen molar-refractivity contribution in [2.24, 2.45) is 0 Å². The number of amides is 1. The van der Waals surface area contributed by atoms with Gasteiger partial charge in [-0.1, -0.05) is 11.8 Å². The third-order valence-corrected chi connectivity index (χ3v) is 2.82. The summed E-state index contributed by atoms with van der Waals surface area (Å²) in [5.74, 6) is 5.41. The van der Waals surface area contributed by atoms with Gasteiger partial charge in [0.2, 0.25) is 0 Å². The molecule has 1 amide bonds. The topological polar surface area (TPSA) is 77.2 Å². The van der Waals surface area contributed by atoms with Crippen LogP contribution < -0.4 is 0 Å². The average Bonchev–Trinajstić information content (AvgIpc) is 2.47. The third-order valence-electron chi connectivity index (χ3n) is 2.82. The van der Waals surface area contributed by atoms with Crippen molar-refractivity contribution in [1.29, 1.82) is 5.26 Å². The van der Waals surface area contributed by atoms with Gasteiger partial charge in [-0.3, -0.25) is 4.79 Å². The molecule has 20 heavy (non-hydrogen) atoms. The number of nitriles is 1. The molecule has 0 spiro atoms. The van der Waals surface area contributed by atoms with Crippen LogP contribution in [0.5, 0.6) is 0 Å². The molecule has 0 aromatic carbocycles. The van der Waals surface area contributed by atoms with Crippen LogP contribution in [-0.2, 0) is 0 Å². The molecular weight excluding hydrogens is 254 g/mol. The van der Waals surface area contributed by atoms with Gasteiger partial charge in [-0.25, -0.2) is 4.98 Å². The zero-order chi connectivity index (χ0) is 15.0. The number of hydrogen-bond acceptors (Lipinski definition) is 4. The highest BCUT2D eigenvalue weighted by atomic mass is 16.2. The Morgan fingerprint density at radius 2 is 2.30 bits per heavy atom. The van der Waals surface area contributed by atoms with Crippen molar-refractivity contribution in [3.63, 3.8) is 0 Å². The molecule has 0 aliphatic carbocycles. The maximum absolute atomic E-state index is 12.1. The van der Waals surface area contributed by atoms with Crippen molar-refractivity contribution in [3.05, 3.63) is 29.6 Å². The number of carbonyl (C=O) groups excluding carboxylic acids is 1. The van der Waals surface area contributed by atoms with Crippen LogP contribution in [0.1, 0.15) is 35.8 Å². The molecule has 1 atom stereocenters. The number of aromatic nitrogens is 1. The first-order valence-electron chi connectivity index (χ1n) is 6.30. The van der Waals surface area contributed by atoms with Crippen molar-refractivity contribution in [2.75, 3.05) is 13.7 Å². The Bertz CT molecular complexity index is 549. The van der Waals surface area contributed by atoms with Gasteiger partial charge in [-0.05, 0) is 19.1 Å². The lowest BCUT2D eigenvalue weighted by Gasteiger charge is -2.22. The van der Waals surface area contributed by atoms with Crippen molar-refractivity contribution in [3.8, 4) is 17.9 Å². The minimum atomic E-state index is -0.220. The second-order valence-corrected chi connectivity index (χ2v) is 4.33. The molecule has 0 bridgehead atoms. The summed E-state index contributed by atoms with van der Waals surface area (Å²) in [4.78, 5) is 17.7. The van der Waals surface area contributed by atoms with Crippen molar-refractivity contribution < 1.29 is 9.90 Å². The lowest BCUT2D eigenvalue weighted by Crippen LogP contribution is -2.35. The molecule has 5 heteroatoms. The van der Waals surface area contributed by atoms with Gasteiger partial charge in [-0.2, -0.15) is 5.26 Å². The van der Waals surface area contributed by atoms with E-state index in [-0.39, 0.29) is 25.0 Å². The highest BCUT2D eigenvalue weighted by molar-refractivity contribution is 5.92. The van der Waals surface area contributed by atoms with E-state index in [1.165, 1.54) is 11.1 Å². The number of pyridine rings is 1. The number of carbonyl (C=O) groups is 1. The van der Waals surface area contributed by atoms with Gasteiger partial charge in [0, 0.05) is 31.3 Å². The van der Waals surface area contributed by atoms with Crippen LogP contribution in [0.15, 0.2) is 18.3 Å². The highest BCUT2D eigenvalue weighted by Gasteiger charge is 2.18. The van der Waals surface area contributed by atoms with E-state index < -0.39 is 0 Å². The first-order chi connectivity index (χ1) is 9.60. The molecular formula is C15H17N3O2. The van der Waals surface area contributed by atoms with E-state index in [9.17, 15) is 4.79 Å². The van der Waals surface area contributed by atoms with E-state index in [0.717, 1.165) is 0 Å². The highest BCUT2D eigenvalue weighted by Crippen LogP contribution is 2.07. The van der Waals surface area contributed by atoms with Crippen molar-refractivity contribution in [1.82, 2.24) is 9.88 Å². The Labute approximate surface area is 118 Å². The molecule has 1 rings (SSSR count). The van der Waals surface area contributed by atoms with Gasteiger partial charge < -0.3 is 10.0 Å². The van der Waals surface area contributed by atoms with E-state index in [0.29, 0.717) is 17.7 Å². The third kappa shape index (κ3) is 4.38. The first-order valence-corrected chi connectivity index (χ1v) is 6.30. The number of rotatable bonds is 4. The SMILES string of the molecule is CC(CC#N)N(C)C(=O)c1ccc(C#CCCO)cn1. The van der Waals surface area contributed by atoms with Gasteiger partial charge in [0.25, 0.3) is 5.91 Å². The standard InChI is InChI=1S/C15H17N3O2/c1-12(8-9-16)18(2)15(20)14-7-6-13(11-17-14)5-3-4-10-19/h6-7,11-12,19H,4,8,10H2,1-2H3. The van der Waals surface area contributed by atoms with E-state index >= 15 is 0 Å². The fourth-order valence-electron chi connectivity index (χ4n) is 1.46. The monoisotopic (exact) mass is 271 g/mol. The fraction of sp³-hybridized carbons (Fsp3) is 0.400. The molecule has 5 nitrogen and oxygen atoms in total. The summed E-state index contributed by atoms with van der Waals surface area (Å²) in [5, 5.41) is 17.3. The summed E-state index contributed by atoms with van der Waals surface area (Å²) in [5.41, 5.74) is 1.02. The Morgan fingerprint density at radius 3 is 2.85 bits per heavy atom. The van der Waals surface area contributed by atoms with Crippen LogP contribution in [0.4, 0.5) is 0 Å². The van der Waals surface area contributed by atoms with E-state index in [1.807, 2.05) is 13.0 Å². The maximum atomic E-state index is 12.1.